The Morgan fingerprint density at radius 3 is 2.19 bits per heavy atom. The van der Waals surface area contributed by atoms with Crippen molar-refractivity contribution in [1.82, 2.24) is 4.72 Å². The Kier molecular flexibility index (Phi) is 7.39. The van der Waals surface area contributed by atoms with Crippen LogP contribution < -0.4 is 10.0 Å². The third kappa shape index (κ3) is 5.57. The van der Waals surface area contributed by atoms with Crippen LogP contribution in [0.3, 0.4) is 0 Å². The van der Waals surface area contributed by atoms with Crippen LogP contribution in [0.2, 0.25) is 5.02 Å². The largest absolute Gasteiger partial charge is 0.324 e. The Morgan fingerprint density at radius 1 is 0.938 bits per heavy atom. The summed E-state index contributed by atoms with van der Waals surface area (Å²) in [4.78, 5) is 13.4. The van der Waals surface area contributed by atoms with Crippen molar-refractivity contribution in [2.75, 3.05) is 5.32 Å². The monoisotopic (exact) mass is 470 g/mol. The molecule has 0 heterocycles. The van der Waals surface area contributed by atoms with Gasteiger partial charge < -0.3 is 5.32 Å². The number of benzene rings is 3. The van der Waals surface area contributed by atoms with Gasteiger partial charge in [0, 0.05) is 10.7 Å². The second kappa shape index (κ2) is 9.86. The number of carbonyl (C=O) groups excluding carboxylic acids is 1. The molecule has 1 amide bonds. The Balaban J connectivity index is 1.96. The minimum Gasteiger partial charge on any atom is -0.324 e. The van der Waals surface area contributed by atoms with E-state index in [9.17, 15) is 13.2 Å². The molecule has 5 nitrogen and oxygen atoms in total. The van der Waals surface area contributed by atoms with E-state index in [0.717, 1.165) is 11.1 Å². The van der Waals surface area contributed by atoms with E-state index < -0.39 is 22.0 Å². The minimum absolute atomic E-state index is 0.202. The molecule has 3 aromatic carbocycles. The number of rotatable bonds is 7. The minimum atomic E-state index is -3.95. The Labute approximate surface area is 194 Å². The molecule has 0 radical (unpaired) electrons. The lowest BCUT2D eigenvalue weighted by Crippen LogP contribution is -2.45. The first-order valence-electron chi connectivity index (χ1n) is 10.3. The van der Waals surface area contributed by atoms with E-state index in [1.165, 1.54) is 0 Å². The summed E-state index contributed by atoms with van der Waals surface area (Å²) in [7, 11) is -3.95. The SMILES string of the molecule is Cc1cc(C)c(S(=O)(=O)N[C@@H](Cc2ccccc2)C(=O)Nc2cccc(Cl)c2C)c(C)c1. The van der Waals surface area contributed by atoms with Crippen molar-refractivity contribution < 1.29 is 13.2 Å². The molecule has 0 spiro atoms. The molecule has 0 saturated heterocycles. The number of anilines is 1. The van der Waals surface area contributed by atoms with Crippen molar-refractivity contribution in [2.45, 2.75) is 45.1 Å². The summed E-state index contributed by atoms with van der Waals surface area (Å²) in [6, 6.07) is 17.2. The van der Waals surface area contributed by atoms with E-state index in [2.05, 4.69) is 10.0 Å². The van der Waals surface area contributed by atoms with Crippen LogP contribution in [-0.4, -0.2) is 20.4 Å². The first kappa shape index (κ1) is 24.0. The van der Waals surface area contributed by atoms with Crippen LogP contribution in [0.1, 0.15) is 27.8 Å². The maximum Gasteiger partial charge on any atom is 0.242 e. The maximum atomic E-state index is 13.4. The van der Waals surface area contributed by atoms with Crippen LogP contribution in [0, 0.1) is 27.7 Å². The van der Waals surface area contributed by atoms with Crippen molar-refractivity contribution in [1.29, 1.82) is 0 Å². The molecule has 3 rings (SSSR count). The van der Waals surface area contributed by atoms with Gasteiger partial charge in [-0.05, 0) is 68.5 Å². The number of hydrogen-bond acceptors (Lipinski definition) is 3. The van der Waals surface area contributed by atoms with Crippen LogP contribution >= 0.6 is 11.6 Å². The first-order valence-corrected chi connectivity index (χ1v) is 12.1. The van der Waals surface area contributed by atoms with Gasteiger partial charge in [-0.3, -0.25) is 4.79 Å². The third-order valence-electron chi connectivity index (χ3n) is 5.30. The number of nitrogens with one attached hydrogen (secondary N) is 2. The van der Waals surface area contributed by atoms with E-state index in [1.54, 1.807) is 39.0 Å². The van der Waals surface area contributed by atoms with Crippen molar-refractivity contribution in [3.8, 4) is 0 Å². The van der Waals surface area contributed by atoms with Gasteiger partial charge in [0.15, 0.2) is 0 Å². The van der Waals surface area contributed by atoms with Gasteiger partial charge in [-0.25, -0.2) is 8.42 Å². The lowest BCUT2D eigenvalue weighted by Gasteiger charge is -2.21. The molecule has 0 aliphatic heterocycles. The smallest absolute Gasteiger partial charge is 0.242 e. The molecule has 0 saturated carbocycles. The zero-order valence-electron chi connectivity index (χ0n) is 18.6. The Morgan fingerprint density at radius 2 is 1.56 bits per heavy atom. The van der Waals surface area contributed by atoms with Gasteiger partial charge >= 0.3 is 0 Å². The molecule has 0 aliphatic carbocycles. The summed E-state index contributed by atoms with van der Waals surface area (Å²) in [6.45, 7) is 7.24. The zero-order chi connectivity index (χ0) is 23.5. The highest BCUT2D eigenvalue weighted by Crippen LogP contribution is 2.25. The van der Waals surface area contributed by atoms with Crippen molar-refractivity contribution in [3.63, 3.8) is 0 Å². The van der Waals surface area contributed by atoms with Crippen molar-refractivity contribution in [3.05, 3.63) is 93.5 Å². The van der Waals surface area contributed by atoms with Crippen LogP contribution in [0.25, 0.3) is 0 Å². The summed E-state index contributed by atoms with van der Waals surface area (Å²) < 4.78 is 29.3. The Bertz CT molecular complexity index is 1220. The molecular weight excluding hydrogens is 444 g/mol. The van der Waals surface area contributed by atoms with Crippen molar-refractivity contribution in [2.24, 2.45) is 0 Å². The number of sulfonamides is 1. The molecular formula is C25H27ClN2O3S. The van der Waals surface area contributed by atoms with E-state index in [-0.39, 0.29) is 11.3 Å². The Hall–Kier alpha value is -2.67. The number of amides is 1. The lowest BCUT2D eigenvalue weighted by molar-refractivity contribution is -0.117. The van der Waals surface area contributed by atoms with E-state index in [0.29, 0.717) is 27.4 Å². The maximum absolute atomic E-state index is 13.4. The van der Waals surface area contributed by atoms with Gasteiger partial charge in [-0.1, -0.05) is 65.7 Å². The average molecular weight is 471 g/mol. The number of hydrogen-bond donors (Lipinski definition) is 2. The predicted molar refractivity (Wildman–Crippen MR) is 130 cm³/mol. The quantitative estimate of drug-likeness (QED) is 0.504. The number of aryl methyl sites for hydroxylation is 3. The van der Waals surface area contributed by atoms with E-state index >= 15 is 0 Å². The predicted octanol–water partition coefficient (Wildman–Crippen LogP) is 5.10. The summed E-state index contributed by atoms with van der Waals surface area (Å²) in [5.41, 5.74) is 4.36. The average Bonchev–Trinajstić information content (AvgIpc) is 2.70. The molecule has 0 unspecified atom stereocenters. The standard InChI is InChI=1S/C25H27ClN2O3S/c1-16-13-17(2)24(18(3)14-16)32(30,31)28-23(15-20-9-6-5-7-10-20)25(29)27-22-12-8-11-21(26)19(22)4/h5-14,23,28H,15H2,1-4H3,(H,27,29)/t23-/m0/s1. The molecule has 32 heavy (non-hydrogen) atoms. The van der Waals surface area contributed by atoms with Gasteiger partial charge in [-0.2, -0.15) is 4.72 Å². The second-order valence-electron chi connectivity index (χ2n) is 7.99. The third-order valence-corrected chi connectivity index (χ3v) is 7.48. The fraction of sp³-hybridized carbons (Fsp3) is 0.240. The summed E-state index contributed by atoms with van der Waals surface area (Å²) in [5, 5.41) is 3.36. The fourth-order valence-electron chi connectivity index (χ4n) is 3.84. The van der Waals surface area contributed by atoms with Crippen LogP contribution in [0.15, 0.2) is 65.6 Å². The van der Waals surface area contributed by atoms with Gasteiger partial charge in [0.1, 0.15) is 6.04 Å². The molecule has 7 heteroatoms. The molecule has 0 aliphatic rings. The summed E-state index contributed by atoms with van der Waals surface area (Å²) in [6.07, 6.45) is 0.204. The molecule has 1 atom stereocenters. The molecule has 168 valence electrons. The highest BCUT2D eigenvalue weighted by atomic mass is 35.5. The molecule has 0 aromatic heterocycles. The summed E-state index contributed by atoms with van der Waals surface area (Å²) in [5.74, 6) is -0.454. The van der Waals surface area contributed by atoms with Crippen LogP contribution in [0.5, 0.6) is 0 Å². The molecule has 0 fully saturated rings. The second-order valence-corrected chi connectivity index (χ2v) is 10.1. The molecule has 3 aromatic rings. The normalized spacial score (nSPS) is 12.4. The van der Waals surface area contributed by atoms with Crippen molar-refractivity contribution >= 4 is 33.2 Å². The molecule has 0 bridgehead atoms. The molecule has 2 N–H and O–H groups in total. The highest BCUT2D eigenvalue weighted by Gasteiger charge is 2.28. The first-order chi connectivity index (χ1) is 15.1. The fourth-order valence-corrected chi connectivity index (χ4v) is 5.66. The van der Waals surface area contributed by atoms with Crippen LogP contribution in [-0.2, 0) is 21.2 Å². The van der Waals surface area contributed by atoms with Gasteiger partial charge in [0.2, 0.25) is 15.9 Å². The summed E-state index contributed by atoms with van der Waals surface area (Å²) >= 11 is 6.18. The van der Waals surface area contributed by atoms with Gasteiger partial charge in [0.05, 0.1) is 4.90 Å². The topological polar surface area (TPSA) is 75.3 Å². The van der Waals surface area contributed by atoms with Gasteiger partial charge in [0.25, 0.3) is 0 Å². The van der Waals surface area contributed by atoms with E-state index in [4.69, 9.17) is 11.6 Å². The lowest BCUT2D eigenvalue weighted by atomic mass is 10.1. The number of halogens is 1. The highest BCUT2D eigenvalue weighted by molar-refractivity contribution is 7.89. The van der Waals surface area contributed by atoms with Crippen LogP contribution in [0.4, 0.5) is 5.69 Å². The van der Waals surface area contributed by atoms with Gasteiger partial charge in [-0.15, -0.1) is 0 Å². The zero-order valence-corrected chi connectivity index (χ0v) is 20.1. The van der Waals surface area contributed by atoms with E-state index in [1.807, 2.05) is 49.4 Å². The number of carbonyl (C=O) groups is 1.